The summed E-state index contributed by atoms with van der Waals surface area (Å²) in [6.45, 7) is 15.3. The van der Waals surface area contributed by atoms with Crippen LogP contribution in [0.1, 0.15) is 131 Å². The molecule has 0 aromatic heterocycles. The Morgan fingerprint density at radius 3 is 2.27 bits per heavy atom. The van der Waals surface area contributed by atoms with E-state index in [2.05, 4.69) is 41.5 Å². The van der Waals surface area contributed by atoms with Crippen molar-refractivity contribution in [1.82, 2.24) is 0 Å². The Hall–Kier alpha value is 0. The lowest BCUT2D eigenvalue weighted by atomic mass is 9.44. The van der Waals surface area contributed by atoms with Gasteiger partial charge in [-0.3, -0.25) is 0 Å². The van der Waals surface area contributed by atoms with Gasteiger partial charge in [0.25, 0.3) is 0 Å². The van der Waals surface area contributed by atoms with Gasteiger partial charge in [0.05, 0.1) is 0 Å². The minimum Gasteiger partial charge on any atom is -0.0654 e. The van der Waals surface area contributed by atoms with Gasteiger partial charge in [0.2, 0.25) is 0 Å². The number of hydrogen-bond donors (Lipinski definition) is 0. The summed E-state index contributed by atoms with van der Waals surface area (Å²) >= 11 is 0. The first-order valence-electron chi connectivity index (χ1n) is 14.3. The van der Waals surface area contributed by atoms with Crippen molar-refractivity contribution >= 4 is 0 Å². The Balaban J connectivity index is 1.43. The second-order valence-corrected chi connectivity index (χ2v) is 13.6. The van der Waals surface area contributed by atoms with Gasteiger partial charge in [-0.25, -0.2) is 0 Å². The molecule has 4 aliphatic rings. The van der Waals surface area contributed by atoms with Crippen molar-refractivity contribution < 1.29 is 0 Å². The van der Waals surface area contributed by atoms with Gasteiger partial charge < -0.3 is 0 Å². The van der Waals surface area contributed by atoms with Crippen molar-refractivity contribution in [2.45, 2.75) is 131 Å². The predicted molar refractivity (Wildman–Crippen MR) is 131 cm³/mol. The van der Waals surface area contributed by atoms with Crippen molar-refractivity contribution in [2.75, 3.05) is 0 Å². The van der Waals surface area contributed by atoms with E-state index in [1.54, 1.807) is 57.8 Å². The van der Waals surface area contributed by atoms with Crippen LogP contribution in [0.5, 0.6) is 0 Å². The molecule has 0 unspecified atom stereocenters. The van der Waals surface area contributed by atoms with Crippen molar-refractivity contribution in [3.8, 4) is 0 Å². The zero-order valence-corrected chi connectivity index (χ0v) is 21.5. The fourth-order valence-electron chi connectivity index (χ4n) is 10.0. The van der Waals surface area contributed by atoms with E-state index >= 15 is 0 Å². The van der Waals surface area contributed by atoms with Crippen LogP contribution in [0.3, 0.4) is 0 Å². The molecule has 174 valence electrons. The highest BCUT2D eigenvalue weighted by Crippen LogP contribution is 2.68. The Kier molecular flexibility index (Phi) is 7.02. The molecule has 0 nitrogen and oxygen atoms in total. The molecule has 4 rings (SSSR count). The predicted octanol–water partition coefficient (Wildman–Crippen LogP) is 9.52. The molecule has 0 heterocycles. The van der Waals surface area contributed by atoms with E-state index in [1.807, 2.05) is 0 Å². The summed E-state index contributed by atoms with van der Waals surface area (Å²) in [4.78, 5) is 0. The lowest BCUT2D eigenvalue weighted by Crippen LogP contribution is -2.53. The third-order valence-corrected chi connectivity index (χ3v) is 11.7. The van der Waals surface area contributed by atoms with E-state index in [0.29, 0.717) is 10.8 Å². The first-order valence-corrected chi connectivity index (χ1v) is 14.3. The van der Waals surface area contributed by atoms with Crippen LogP contribution in [0.15, 0.2) is 0 Å². The normalized spacial score (nSPS) is 46.9. The van der Waals surface area contributed by atoms with Gasteiger partial charge in [-0.05, 0) is 116 Å². The van der Waals surface area contributed by atoms with Crippen LogP contribution in [-0.4, -0.2) is 0 Å². The molecule has 4 saturated carbocycles. The fraction of sp³-hybridized carbons (Fsp3) is 1.00. The average Bonchev–Trinajstić information content (AvgIpc) is 3.05. The molecule has 0 N–H and O–H groups in total. The van der Waals surface area contributed by atoms with Crippen LogP contribution < -0.4 is 0 Å². The topological polar surface area (TPSA) is 0 Å². The molecular weight excluding hydrogens is 360 g/mol. The third kappa shape index (κ3) is 4.05. The van der Waals surface area contributed by atoms with Crippen LogP contribution in [0.4, 0.5) is 0 Å². The van der Waals surface area contributed by atoms with E-state index < -0.39 is 0 Å². The number of rotatable bonds is 7. The summed E-state index contributed by atoms with van der Waals surface area (Å²) in [7, 11) is 0. The van der Waals surface area contributed by atoms with E-state index in [4.69, 9.17) is 0 Å². The maximum Gasteiger partial charge on any atom is -0.0264 e. The number of fused-ring (bicyclic) bond motifs is 5. The van der Waals surface area contributed by atoms with Crippen molar-refractivity contribution in [2.24, 2.45) is 58.2 Å². The minimum absolute atomic E-state index is 0.668. The fourth-order valence-corrected chi connectivity index (χ4v) is 10.0. The summed E-state index contributed by atoms with van der Waals surface area (Å²) in [6, 6.07) is 0. The minimum atomic E-state index is 0.668. The molecule has 0 aliphatic heterocycles. The Morgan fingerprint density at radius 2 is 1.53 bits per heavy atom. The largest absolute Gasteiger partial charge is 0.0654 e. The van der Waals surface area contributed by atoms with Crippen LogP contribution in [0, 0.1) is 58.2 Å². The van der Waals surface area contributed by atoms with Gasteiger partial charge in [-0.2, -0.15) is 0 Å². The van der Waals surface area contributed by atoms with Crippen LogP contribution in [0.2, 0.25) is 0 Å². The molecule has 0 saturated heterocycles. The smallest absolute Gasteiger partial charge is 0.0264 e. The maximum atomic E-state index is 2.76. The first kappa shape index (κ1) is 23.2. The molecular formula is C30H54. The summed E-state index contributed by atoms with van der Waals surface area (Å²) in [5.74, 6) is 8.14. The highest BCUT2D eigenvalue weighted by atomic mass is 14.6. The molecule has 4 aliphatic carbocycles. The van der Waals surface area contributed by atoms with Gasteiger partial charge >= 0.3 is 0 Å². The van der Waals surface area contributed by atoms with Gasteiger partial charge in [-0.15, -0.1) is 0 Å². The molecule has 0 radical (unpaired) electrons. The SMILES string of the molecule is CCC[C@H]1CC[C@@]2(C)[C@@H](CC[C@@H]3[C@@H]2CC[C@]2(C)[C@@H]([C@H](C)CCCC(C)C)CC[C@@H]32)C1. The van der Waals surface area contributed by atoms with Crippen LogP contribution >= 0.6 is 0 Å². The molecule has 0 heteroatoms. The monoisotopic (exact) mass is 414 g/mol. The maximum absolute atomic E-state index is 2.76. The zero-order chi connectivity index (χ0) is 21.5. The zero-order valence-electron chi connectivity index (χ0n) is 21.5. The van der Waals surface area contributed by atoms with Gasteiger partial charge in [0, 0.05) is 0 Å². The lowest BCUT2D eigenvalue weighted by molar-refractivity contribution is -0.121. The molecule has 0 bridgehead atoms. The van der Waals surface area contributed by atoms with Crippen molar-refractivity contribution in [3.63, 3.8) is 0 Å². The number of hydrogen-bond acceptors (Lipinski definition) is 0. The Bertz CT molecular complexity index is 562. The van der Waals surface area contributed by atoms with E-state index in [1.165, 1.54) is 32.1 Å². The highest BCUT2D eigenvalue weighted by molar-refractivity contribution is 5.09. The summed E-state index contributed by atoms with van der Waals surface area (Å²) in [5, 5.41) is 0. The highest BCUT2D eigenvalue weighted by Gasteiger charge is 2.60. The molecule has 9 atom stereocenters. The second kappa shape index (κ2) is 9.09. The molecule has 0 aromatic carbocycles. The second-order valence-electron chi connectivity index (χ2n) is 13.6. The van der Waals surface area contributed by atoms with Crippen LogP contribution in [0.25, 0.3) is 0 Å². The molecule has 0 spiro atoms. The van der Waals surface area contributed by atoms with Gasteiger partial charge in [0.1, 0.15) is 0 Å². The van der Waals surface area contributed by atoms with E-state index in [0.717, 1.165) is 47.3 Å². The quantitative estimate of drug-likeness (QED) is 0.389. The summed E-state index contributed by atoms with van der Waals surface area (Å²) in [5.41, 5.74) is 1.36. The van der Waals surface area contributed by atoms with Crippen LogP contribution in [-0.2, 0) is 0 Å². The van der Waals surface area contributed by atoms with E-state index in [-0.39, 0.29) is 0 Å². The first-order chi connectivity index (χ1) is 14.3. The average molecular weight is 415 g/mol. The lowest BCUT2D eigenvalue weighted by Gasteiger charge is -2.61. The Labute approximate surface area is 189 Å². The summed E-state index contributed by atoms with van der Waals surface area (Å²) < 4.78 is 0. The summed E-state index contributed by atoms with van der Waals surface area (Å²) in [6.07, 6.45) is 21.3. The van der Waals surface area contributed by atoms with Gasteiger partial charge in [0.15, 0.2) is 0 Å². The molecule has 4 fully saturated rings. The third-order valence-electron chi connectivity index (χ3n) is 11.7. The standard InChI is InChI=1S/C30H54/c1-7-9-23-16-18-29(5)24(20-23)12-13-25-27-15-14-26(22(4)11-8-10-21(2)3)30(27,6)19-17-28(25)29/h21-28H,7-20H2,1-6H3/t22-,23+,24+,25+,26-,27+,28+,29+,30-/m1/s1. The molecule has 0 aromatic rings. The van der Waals surface area contributed by atoms with E-state index in [9.17, 15) is 0 Å². The van der Waals surface area contributed by atoms with Crippen molar-refractivity contribution in [3.05, 3.63) is 0 Å². The van der Waals surface area contributed by atoms with Crippen molar-refractivity contribution in [1.29, 1.82) is 0 Å². The van der Waals surface area contributed by atoms with Gasteiger partial charge in [-0.1, -0.05) is 73.6 Å². The molecule has 0 amide bonds. The Morgan fingerprint density at radius 1 is 0.800 bits per heavy atom. The molecule has 30 heavy (non-hydrogen) atoms.